The average Bonchev–Trinajstić information content (AvgIpc) is 2.36. The minimum absolute atomic E-state index is 0. The molecular weight excluding hydrogens is 353 g/mol. The Morgan fingerprint density at radius 3 is 2.47 bits per heavy atom. The smallest absolute Gasteiger partial charge is 0.403 e. The maximum absolute atomic E-state index is 11.9. The van der Waals surface area contributed by atoms with E-state index >= 15 is 0 Å². The molecule has 0 aliphatic rings. The van der Waals surface area contributed by atoms with Gasteiger partial charge in [0.05, 0.1) is 0 Å². The second kappa shape index (κ2) is 7.23. The number of aromatic amines is 1. The zero-order chi connectivity index (χ0) is 13.0. The third-order valence-corrected chi connectivity index (χ3v) is 2.58. The monoisotopic (exact) mass is 369 g/mol. The van der Waals surface area contributed by atoms with Crippen molar-refractivity contribution < 1.29 is 38.5 Å². The van der Waals surface area contributed by atoms with Gasteiger partial charge in [0.2, 0.25) is 0 Å². The standard InChI is InChI=1S/C15H15NO2.HI/c1-11-8-12(2)16-14(9-11)15(17)18-10-13-6-4-3-5-7-13;/h3-9H,10H2,1-2H3;1H. The summed E-state index contributed by atoms with van der Waals surface area (Å²) in [5.74, 6) is -0.328. The number of hydrogen-bond donors (Lipinski definition) is 0. The van der Waals surface area contributed by atoms with Crippen LogP contribution in [0, 0.1) is 13.8 Å². The van der Waals surface area contributed by atoms with Crippen LogP contribution in [0.1, 0.15) is 27.3 Å². The van der Waals surface area contributed by atoms with Gasteiger partial charge in [-0.15, -0.1) is 0 Å². The highest BCUT2D eigenvalue weighted by molar-refractivity contribution is 5.85. The Labute approximate surface area is 130 Å². The van der Waals surface area contributed by atoms with E-state index in [-0.39, 0.29) is 29.9 Å². The summed E-state index contributed by atoms with van der Waals surface area (Å²) in [6, 6.07) is 13.4. The van der Waals surface area contributed by atoms with E-state index in [1.807, 2.05) is 50.2 Å². The molecule has 0 spiro atoms. The Balaban J connectivity index is 0.00000180. The van der Waals surface area contributed by atoms with Crippen molar-refractivity contribution in [2.45, 2.75) is 20.5 Å². The molecule has 1 heterocycles. The van der Waals surface area contributed by atoms with E-state index in [0.717, 1.165) is 16.8 Å². The van der Waals surface area contributed by atoms with Crippen LogP contribution in [0.5, 0.6) is 0 Å². The number of aromatic nitrogens is 1. The molecule has 0 atom stereocenters. The van der Waals surface area contributed by atoms with Crippen LogP contribution in [0.25, 0.3) is 0 Å². The topological polar surface area (TPSA) is 40.4 Å². The lowest BCUT2D eigenvalue weighted by molar-refractivity contribution is -0.393. The Hall–Kier alpha value is -1.43. The summed E-state index contributed by atoms with van der Waals surface area (Å²) in [4.78, 5) is 14.9. The number of halogens is 1. The van der Waals surface area contributed by atoms with Crippen LogP contribution in [0.4, 0.5) is 0 Å². The number of pyridine rings is 1. The van der Waals surface area contributed by atoms with Gasteiger partial charge in [-0.25, -0.2) is 9.78 Å². The van der Waals surface area contributed by atoms with E-state index in [1.165, 1.54) is 0 Å². The maximum atomic E-state index is 11.9. The second-order valence-corrected chi connectivity index (χ2v) is 4.32. The molecule has 0 radical (unpaired) electrons. The first-order chi connectivity index (χ1) is 8.65. The highest BCUT2D eigenvalue weighted by Gasteiger charge is 2.16. The minimum Gasteiger partial charge on any atom is -1.00 e. The van der Waals surface area contributed by atoms with Crippen LogP contribution in [0.15, 0.2) is 42.5 Å². The van der Waals surface area contributed by atoms with Crippen molar-refractivity contribution >= 4 is 5.97 Å². The Bertz CT molecular complexity index is 535. The molecule has 0 aliphatic carbocycles. The molecule has 1 aromatic carbocycles. The molecule has 0 bridgehead atoms. The number of rotatable bonds is 3. The molecule has 2 aromatic rings. The fourth-order valence-corrected chi connectivity index (χ4v) is 1.81. The summed E-state index contributed by atoms with van der Waals surface area (Å²) in [7, 11) is 0. The van der Waals surface area contributed by atoms with Crippen molar-refractivity contribution in [2.75, 3.05) is 0 Å². The van der Waals surface area contributed by atoms with Gasteiger partial charge in [0.25, 0.3) is 5.69 Å². The molecule has 100 valence electrons. The number of hydrogen-bond acceptors (Lipinski definition) is 2. The number of nitrogens with one attached hydrogen (secondary N) is 1. The van der Waals surface area contributed by atoms with Gasteiger partial charge in [0, 0.05) is 19.1 Å². The number of carbonyl (C=O) groups is 1. The summed E-state index contributed by atoms with van der Waals surface area (Å²) in [6.07, 6.45) is 0. The van der Waals surface area contributed by atoms with Crippen molar-refractivity contribution in [1.29, 1.82) is 0 Å². The molecule has 19 heavy (non-hydrogen) atoms. The van der Waals surface area contributed by atoms with Gasteiger partial charge in [-0.2, -0.15) is 0 Å². The van der Waals surface area contributed by atoms with E-state index in [0.29, 0.717) is 12.3 Å². The third kappa shape index (κ3) is 4.63. The first-order valence-corrected chi connectivity index (χ1v) is 5.87. The van der Waals surface area contributed by atoms with Crippen LogP contribution in [-0.2, 0) is 11.3 Å². The molecule has 0 fully saturated rings. The lowest BCUT2D eigenvalue weighted by Gasteiger charge is -2.02. The van der Waals surface area contributed by atoms with Crippen molar-refractivity contribution in [3.63, 3.8) is 0 Å². The number of ether oxygens (including phenoxy) is 1. The van der Waals surface area contributed by atoms with Crippen LogP contribution < -0.4 is 29.0 Å². The van der Waals surface area contributed by atoms with Crippen molar-refractivity contribution in [1.82, 2.24) is 0 Å². The van der Waals surface area contributed by atoms with E-state index in [4.69, 9.17) is 4.74 Å². The summed E-state index contributed by atoms with van der Waals surface area (Å²) >= 11 is 0. The molecule has 1 aromatic heterocycles. The molecule has 0 saturated heterocycles. The fraction of sp³-hybridized carbons (Fsp3) is 0.200. The first kappa shape index (κ1) is 15.6. The van der Waals surface area contributed by atoms with E-state index in [9.17, 15) is 4.79 Å². The van der Waals surface area contributed by atoms with Gasteiger partial charge in [-0.3, -0.25) is 0 Å². The van der Waals surface area contributed by atoms with Crippen molar-refractivity contribution in [3.05, 3.63) is 65.0 Å². The van der Waals surface area contributed by atoms with Gasteiger partial charge in [-0.05, 0) is 18.1 Å². The Kier molecular flexibility index (Phi) is 5.95. The number of H-pyrrole nitrogens is 1. The van der Waals surface area contributed by atoms with Crippen LogP contribution >= 0.6 is 0 Å². The van der Waals surface area contributed by atoms with Gasteiger partial charge >= 0.3 is 5.97 Å². The predicted molar refractivity (Wildman–Crippen MR) is 68.0 cm³/mol. The van der Waals surface area contributed by atoms with Gasteiger partial charge in [0.1, 0.15) is 6.61 Å². The minimum atomic E-state index is -0.328. The molecular formula is C15H16INO2. The summed E-state index contributed by atoms with van der Waals surface area (Å²) in [6.45, 7) is 4.16. The summed E-state index contributed by atoms with van der Waals surface area (Å²) < 4.78 is 5.25. The zero-order valence-electron chi connectivity index (χ0n) is 10.9. The van der Waals surface area contributed by atoms with Gasteiger partial charge in [0.15, 0.2) is 5.69 Å². The quantitative estimate of drug-likeness (QED) is 0.540. The van der Waals surface area contributed by atoms with Crippen molar-refractivity contribution in [2.24, 2.45) is 0 Å². The average molecular weight is 369 g/mol. The number of aryl methyl sites for hydroxylation is 2. The third-order valence-electron chi connectivity index (χ3n) is 2.58. The molecule has 0 amide bonds. The molecule has 0 saturated carbocycles. The fourth-order valence-electron chi connectivity index (χ4n) is 1.81. The van der Waals surface area contributed by atoms with E-state index in [2.05, 4.69) is 4.98 Å². The summed E-state index contributed by atoms with van der Waals surface area (Å²) in [5.41, 5.74) is 3.46. The predicted octanol–water partition coefficient (Wildman–Crippen LogP) is -0.521. The summed E-state index contributed by atoms with van der Waals surface area (Å²) in [5, 5.41) is 0. The van der Waals surface area contributed by atoms with E-state index in [1.54, 1.807) is 6.07 Å². The number of benzene rings is 1. The number of carbonyl (C=O) groups excluding carboxylic acids is 1. The van der Waals surface area contributed by atoms with Gasteiger partial charge < -0.3 is 28.7 Å². The largest absolute Gasteiger partial charge is 1.00 e. The second-order valence-electron chi connectivity index (χ2n) is 4.32. The first-order valence-electron chi connectivity index (χ1n) is 5.87. The lowest BCUT2D eigenvalue weighted by Crippen LogP contribution is -3.00. The molecule has 0 aliphatic heterocycles. The van der Waals surface area contributed by atoms with E-state index < -0.39 is 0 Å². The van der Waals surface area contributed by atoms with Crippen LogP contribution in [0.2, 0.25) is 0 Å². The maximum Gasteiger partial charge on any atom is 0.403 e. The lowest BCUT2D eigenvalue weighted by atomic mass is 10.2. The normalized spacial score (nSPS) is 9.58. The zero-order valence-corrected chi connectivity index (χ0v) is 13.1. The SMILES string of the molecule is Cc1cc(C)[nH+]c(C(=O)OCc2ccccc2)c1.[I-]. The molecule has 1 N–H and O–H groups in total. The Morgan fingerprint density at radius 2 is 1.84 bits per heavy atom. The highest BCUT2D eigenvalue weighted by atomic mass is 127. The van der Waals surface area contributed by atoms with Gasteiger partial charge in [-0.1, -0.05) is 30.3 Å². The number of esters is 1. The van der Waals surface area contributed by atoms with Crippen LogP contribution in [-0.4, -0.2) is 5.97 Å². The molecule has 3 nitrogen and oxygen atoms in total. The van der Waals surface area contributed by atoms with Crippen molar-refractivity contribution in [3.8, 4) is 0 Å². The Morgan fingerprint density at radius 1 is 1.16 bits per heavy atom. The highest BCUT2D eigenvalue weighted by Crippen LogP contribution is 2.05. The molecule has 4 heteroatoms. The molecule has 0 unspecified atom stereocenters. The van der Waals surface area contributed by atoms with Crippen LogP contribution in [0.3, 0.4) is 0 Å². The molecule has 2 rings (SSSR count).